The van der Waals surface area contributed by atoms with E-state index < -0.39 is 42.3 Å². The molecule has 144 valence electrons. The lowest BCUT2D eigenvalue weighted by Crippen LogP contribution is -2.55. The Kier molecular flexibility index (Phi) is 5.69. The lowest BCUT2D eigenvalue weighted by molar-refractivity contribution is -0.158. The molecule has 1 atom stereocenters. The Morgan fingerprint density at radius 3 is 2.38 bits per heavy atom. The third kappa shape index (κ3) is 4.57. The molecule has 1 fully saturated rings. The minimum atomic E-state index is -4.94. The number of methoxy groups -OCH3 is 1. The first-order chi connectivity index (χ1) is 11.9. The predicted octanol–water partition coefficient (Wildman–Crippen LogP) is 3.57. The summed E-state index contributed by atoms with van der Waals surface area (Å²) in [6.45, 7) is -1.50. The van der Waals surface area contributed by atoms with Gasteiger partial charge in [-0.25, -0.2) is 4.79 Å². The van der Waals surface area contributed by atoms with Crippen LogP contribution in [0.1, 0.15) is 17.5 Å². The number of hydrogen-bond acceptors (Lipinski definition) is 4. The van der Waals surface area contributed by atoms with Gasteiger partial charge in [0, 0.05) is 12.1 Å². The minimum Gasteiger partial charge on any atom is -0.483 e. The number of alkyl halides is 6. The molecule has 0 saturated carbocycles. The van der Waals surface area contributed by atoms with E-state index >= 15 is 0 Å². The van der Waals surface area contributed by atoms with Crippen molar-refractivity contribution in [1.29, 1.82) is 0 Å². The lowest BCUT2D eigenvalue weighted by Gasteiger charge is -2.40. The van der Waals surface area contributed by atoms with Gasteiger partial charge in [-0.3, -0.25) is 0 Å². The first kappa shape index (κ1) is 20.3. The number of likely N-dealkylation sites (tertiary alicyclic amines) is 1. The zero-order chi connectivity index (χ0) is 19.7. The van der Waals surface area contributed by atoms with Crippen molar-refractivity contribution >= 4 is 23.2 Å². The number of carbonyl (C=O) groups is 1. The van der Waals surface area contributed by atoms with Crippen LogP contribution in [0.3, 0.4) is 0 Å². The summed E-state index contributed by atoms with van der Waals surface area (Å²) in [5, 5.41) is 0. The molecule has 11 heteroatoms. The maximum atomic E-state index is 13.2. The van der Waals surface area contributed by atoms with E-state index in [9.17, 15) is 31.1 Å². The number of rotatable bonds is 4. The van der Waals surface area contributed by atoms with Crippen LogP contribution in [-0.4, -0.2) is 48.3 Å². The number of hydrogen-bond donors (Lipinski definition) is 0. The molecule has 0 bridgehead atoms. The van der Waals surface area contributed by atoms with Crippen LogP contribution in [0.2, 0.25) is 0 Å². The minimum absolute atomic E-state index is 0.0282. The van der Waals surface area contributed by atoms with Gasteiger partial charge in [-0.2, -0.15) is 26.3 Å². The van der Waals surface area contributed by atoms with E-state index in [1.165, 1.54) is 12.0 Å². The highest BCUT2D eigenvalue weighted by Gasteiger charge is 2.39. The lowest BCUT2D eigenvalue weighted by atomic mass is 10.0. The zero-order valence-electron chi connectivity index (χ0n) is 13.3. The van der Waals surface area contributed by atoms with Crippen LogP contribution in [0.4, 0.5) is 26.3 Å². The second-order valence-electron chi connectivity index (χ2n) is 5.44. The summed E-state index contributed by atoms with van der Waals surface area (Å²) in [5.74, 6) is -1.52. The maximum absolute atomic E-state index is 13.2. The number of esters is 1. The molecule has 0 spiro atoms. The van der Waals surface area contributed by atoms with Crippen molar-refractivity contribution < 1.29 is 40.6 Å². The molecule has 1 aromatic carbocycles. The molecule has 1 heterocycles. The Balaban J connectivity index is 2.28. The summed E-state index contributed by atoms with van der Waals surface area (Å²) < 4.78 is 85.0. The van der Waals surface area contributed by atoms with E-state index in [-0.39, 0.29) is 10.6 Å². The van der Waals surface area contributed by atoms with Gasteiger partial charge in [0.2, 0.25) is 0 Å². The Bertz CT molecular complexity index is 704. The van der Waals surface area contributed by atoms with E-state index in [1.807, 2.05) is 0 Å². The first-order valence-electron chi connectivity index (χ1n) is 7.23. The molecule has 1 aromatic rings. The van der Waals surface area contributed by atoms with Crippen molar-refractivity contribution in [1.82, 2.24) is 4.90 Å². The smallest absolute Gasteiger partial charge is 0.422 e. The van der Waals surface area contributed by atoms with Gasteiger partial charge in [-0.1, -0.05) is 12.2 Å². The largest absolute Gasteiger partial charge is 0.483 e. The van der Waals surface area contributed by atoms with E-state index in [0.29, 0.717) is 19.0 Å². The molecule has 4 nitrogen and oxygen atoms in total. The molecule has 0 aromatic heterocycles. The van der Waals surface area contributed by atoms with Gasteiger partial charge in [0.15, 0.2) is 6.61 Å². The first-order valence-corrected chi connectivity index (χ1v) is 7.64. The topological polar surface area (TPSA) is 38.8 Å². The van der Waals surface area contributed by atoms with Crippen LogP contribution in [0, 0.1) is 0 Å². The highest BCUT2D eigenvalue weighted by Crippen LogP contribution is 2.38. The molecule has 0 radical (unpaired) electrons. The summed E-state index contributed by atoms with van der Waals surface area (Å²) in [5.41, 5.74) is -1.43. The van der Waals surface area contributed by atoms with Crippen molar-refractivity contribution in [2.45, 2.75) is 24.8 Å². The van der Waals surface area contributed by atoms with Gasteiger partial charge >= 0.3 is 18.3 Å². The number of halogens is 6. The van der Waals surface area contributed by atoms with Gasteiger partial charge in [-0.05, 0) is 24.6 Å². The Labute approximate surface area is 149 Å². The van der Waals surface area contributed by atoms with Gasteiger partial charge in [0.1, 0.15) is 16.8 Å². The number of nitrogens with zero attached hydrogens (tertiary/aromatic N) is 1. The van der Waals surface area contributed by atoms with Gasteiger partial charge < -0.3 is 14.4 Å². The highest BCUT2D eigenvalue weighted by atomic mass is 32.1. The van der Waals surface area contributed by atoms with E-state index in [4.69, 9.17) is 12.2 Å². The monoisotopic (exact) mass is 401 g/mol. The van der Waals surface area contributed by atoms with E-state index in [1.54, 1.807) is 0 Å². The van der Waals surface area contributed by atoms with Gasteiger partial charge in [0.05, 0.1) is 12.7 Å². The average molecular weight is 401 g/mol. The maximum Gasteiger partial charge on any atom is 0.422 e. The number of thiocarbonyl (C=S) groups is 1. The quantitative estimate of drug-likeness (QED) is 0.438. The molecule has 1 unspecified atom stereocenters. The van der Waals surface area contributed by atoms with Crippen LogP contribution in [0.25, 0.3) is 0 Å². The molecule has 2 rings (SSSR count). The summed E-state index contributed by atoms with van der Waals surface area (Å²) >= 11 is 5.12. The molecule has 0 aliphatic carbocycles. The summed E-state index contributed by atoms with van der Waals surface area (Å²) in [6.07, 6.45) is -9.28. The molecule has 26 heavy (non-hydrogen) atoms. The Morgan fingerprint density at radius 2 is 1.92 bits per heavy atom. The zero-order valence-corrected chi connectivity index (χ0v) is 14.1. The van der Waals surface area contributed by atoms with E-state index in [2.05, 4.69) is 9.47 Å². The molecule has 0 amide bonds. The fourth-order valence-corrected chi connectivity index (χ4v) is 2.69. The van der Waals surface area contributed by atoms with Crippen LogP contribution in [0.5, 0.6) is 5.75 Å². The molecule has 1 aliphatic rings. The standard InChI is InChI=1S/C15H13F6NO3S/c1-24-13(23)10-4-5-22(10)12(26)8-2-3-11(25-7-14(16,17)18)9(6-8)15(19,20)21/h2-3,6,10H,4-5,7H2,1H3. The average Bonchev–Trinajstić information content (AvgIpc) is 2.49. The number of carbonyl (C=O) groups excluding carboxylic acids is 1. The Hall–Kier alpha value is -2.04. The van der Waals surface area contributed by atoms with Crippen molar-refractivity contribution in [3.05, 3.63) is 29.3 Å². The van der Waals surface area contributed by atoms with Crippen molar-refractivity contribution in [3.63, 3.8) is 0 Å². The molecule has 0 N–H and O–H groups in total. The molecular formula is C15H13F6NO3S. The summed E-state index contributed by atoms with van der Waals surface area (Å²) in [4.78, 5) is 12.9. The predicted molar refractivity (Wildman–Crippen MR) is 81.8 cm³/mol. The third-order valence-corrected chi connectivity index (χ3v) is 4.15. The number of ether oxygens (including phenoxy) is 2. The molecule has 1 saturated heterocycles. The SMILES string of the molecule is COC(=O)C1CCN1C(=S)c1ccc(OCC(F)(F)F)c(C(F)(F)F)c1. The van der Waals surface area contributed by atoms with Gasteiger partial charge in [-0.15, -0.1) is 0 Å². The van der Waals surface area contributed by atoms with Crippen molar-refractivity contribution in [2.75, 3.05) is 20.3 Å². The van der Waals surface area contributed by atoms with Crippen LogP contribution < -0.4 is 4.74 Å². The summed E-state index contributed by atoms with van der Waals surface area (Å²) in [7, 11) is 1.18. The normalized spacial score (nSPS) is 17.5. The number of benzene rings is 1. The molecule has 1 aliphatic heterocycles. The Morgan fingerprint density at radius 1 is 1.27 bits per heavy atom. The van der Waals surface area contributed by atoms with Crippen molar-refractivity contribution in [3.8, 4) is 5.75 Å². The summed E-state index contributed by atoms with van der Waals surface area (Å²) in [6, 6.07) is 1.82. The molecular weight excluding hydrogens is 388 g/mol. The fourth-order valence-electron chi connectivity index (χ4n) is 2.35. The van der Waals surface area contributed by atoms with Gasteiger partial charge in [0.25, 0.3) is 0 Å². The highest BCUT2D eigenvalue weighted by molar-refractivity contribution is 7.80. The second kappa shape index (κ2) is 7.29. The second-order valence-corrected chi connectivity index (χ2v) is 5.83. The van der Waals surface area contributed by atoms with Crippen LogP contribution in [0.15, 0.2) is 18.2 Å². The van der Waals surface area contributed by atoms with Crippen LogP contribution >= 0.6 is 12.2 Å². The van der Waals surface area contributed by atoms with Crippen LogP contribution in [-0.2, 0) is 15.7 Å². The third-order valence-electron chi connectivity index (χ3n) is 3.68. The fraction of sp³-hybridized carbons (Fsp3) is 0.467. The van der Waals surface area contributed by atoms with Crippen molar-refractivity contribution in [2.24, 2.45) is 0 Å². The van der Waals surface area contributed by atoms with E-state index in [0.717, 1.165) is 12.1 Å².